The van der Waals surface area contributed by atoms with Crippen molar-refractivity contribution in [2.75, 3.05) is 33.0 Å². The molecule has 0 unspecified atom stereocenters. The molecule has 0 amide bonds. The summed E-state index contributed by atoms with van der Waals surface area (Å²) in [7, 11) is 0. The lowest BCUT2D eigenvalue weighted by Crippen LogP contribution is -2.50. The van der Waals surface area contributed by atoms with Crippen molar-refractivity contribution in [1.82, 2.24) is 0 Å². The van der Waals surface area contributed by atoms with Crippen LogP contribution in [0.15, 0.2) is 11.6 Å². The van der Waals surface area contributed by atoms with Gasteiger partial charge in [0.05, 0.1) is 12.7 Å². The third kappa shape index (κ3) is 9.39. The zero-order chi connectivity index (χ0) is 20.6. The molecule has 1 rings (SSSR count). The summed E-state index contributed by atoms with van der Waals surface area (Å²) >= 11 is 0. The first-order valence-corrected chi connectivity index (χ1v) is 11.8. The van der Waals surface area contributed by atoms with E-state index in [9.17, 15) is 0 Å². The Morgan fingerprint density at radius 2 is 1.18 bits per heavy atom. The average molecular weight is 399 g/mol. The van der Waals surface area contributed by atoms with E-state index in [-0.39, 0.29) is 18.3 Å². The Morgan fingerprint density at radius 3 is 1.75 bits per heavy atom. The van der Waals surface area contributed by atoms with Crippen molar-refractivity contribution in [3.05, 3.63) is 11.6 Å². The number of hydrogen-bond acceptors (Lipinski definition) is 4. The molecule has 4 atom stereocenters. The fourth-order valence-electron chi connectivity index (χ4n) is 3.49. The molecule has 0 aromatic carbocycles. The van der Waals surface area contributed by atoms with Gasteiger partial charge in [-0.15, -0.1) is 0 Å². The van der Waals surface area contributed by atoms with E-state index in [0.717, 1.165) is 77.8 Å². The molecule has 0 saturated carbocycles. The van der Waals surface area contributed by atoms with E-state index < -0.39 is 0 Å². The van der Waals surface area contributed by atoms with Crippen LogP contribution in [0.2, 0.25) is 0 Å². The highest BCUT2D eigenvalue weighted by atomic mass is 16.6. The largest absolute Gasteiger partial charge is 0.377 e. The molecule has 0 aromatic rings. The molecule has 0 aliphatic heterocycles. The summed E-state index contributed by atoms with van der Waals surface area (Å²) in [6.07, 6.45) is 11.1. The third-order valence-electron chi connectivity index (χ3n) is 5.31. The minimum Gasteiger partial charge on any atom is -0.377 e. The molecule has 1 aliphatic carbocycles. The molecular weight excluding hydrogens is 352 g/mol. The van der Waals surface area contributed by atoms with Crippen LogP contribution in [0.3, 0.4) is 0 Å². The molecule has 4 heteroatoms. The maximum Gasteiger partial charge on any atom is 0.114 e. The van der Waals surface area contributed by atoms with Gasteiger partial charge < -0.3 is 18.9 Å². The van der Waals surface area contributed by atoms with Gasteiger partial charge in [0.25, 0.3) is 0 Å². The fraction of sp³-hybridized carbons (Fsp3) is 0.917. The quantitative estimate of drug-likeness (QED) is 0.225. The van der Waals surface area contributed by atoms with Gasteiger partial charge in [-0.3, -0.25) is 0 Å². The minimum atomic E-state index is -0.0622. The van der Waals surface area contributed by atoms with Crippen molar-refractivity contribution in [1.29, 1.82) is 0 Å². The highest BCUT2D eigenvalue weighted by Crippen LogP contribution is 2.32. The van der Waals surface area contributed by atoms with E-state index in [1.165, 1.54) is 5.57 Å². The van der Waals surface area contributed by atoms with Gasteiger partial charge in [-0.25, -0.2) is 0 Å². The molecule has 0 aromatic heterocycles. The Balaban J connectivity index is 2.91. The first kappa shape index (κ1) is 25.6. The van der Waals surface area contributed by atoms with Gasteiger partial charge in [-0.1, -0.05) is 66.4 Å². The number of ether oxygens (including phenoxy) is 4. The Morgan fingerprint density at radius 1 is 0.679 bits per heavy atom. The molecule has 0 heterocycles. The van der Waals surface area contributed by atoms with Crippen LogP contribution < -0.4 is 0 Å². The van der Waals surface area contributed by atoms with Crippen LogP contribution in [0.25, 0.3) is 0 Å². The number of unbranched alkanes of at least 4 members (excludes halogenated alkanes) is 4. The SMILES string of the molecule is CCCCOCC1=C[C@@H](C)[C@H](OCCCC)[C@@H](OCCCC)[C@@H]1OCCCC. The van der Waals surface area contributed by atoms with Crippen LogP contribution in [0.5, 0.6) is 0 Å². The molecule has 166 valence electrons. The van der Waals surface area contributed by atoms with Crippen molar-refractivity contribution in [3.63, 3.8) is 0 Å². The first-order valence-electron chi connectivity index (χ1n) is 11.8. The normalized spacial score (nSPS) is 25.1. The minimum absolute atomic E-state index is 0.0504. The lowest BCUT2D eigenvalue weighted by atomic mass is 9.84. The second-order valence-corrected chi connectivity index (χ2v) is 8.03. The van der Waals surface area contributed by atoms with Crippen molar-refractivity contribution in [2.45, 2.75) is 104 Å². The summed E-state index contributed by atoms with van der Waals surface area (Å²) in [6.45, 7) is 14.8. The summed E-state index contributed by atoms with van der Waals surface area (Å²) in [5.41, 5.74) is 1.23. The Bertz CT molecular complexity index is 396. The van der Waals surface area contributed by atoms with E-state index in [0.29, 0.717) is 12.5 Å². The van der Waals surface area contributed by atoms with Crippen LogP contribution in [0, 0.1) is 5.92 Å². The molecule has 0 N–H and O–H groups in total. The molecule has 28 heavy (non-hydrogen) atoms. The van der Waals surface area contributed by atoms with Gasteiger partial charge in [0, 0.05) is 32.3 Å². The summed E-state index contributed by atoms with van der Waals surface area (Å²) in [6, 6.07) is 0. The van der Waals surface area contributed by atoms with Crippen molar-refractivity contribution in [2.24, 2.45) is 5.92 Å². The van der Waals surface area contributed by atoms with Crippen molar-refractivity contribution < 1.29 is 18.9 Å². The predicted octanol–water partition coefficient (Wildman–Crippen LogP) is 5.94. The summed E-state index contributed by atoms with van der Waals surface area (Å²) in [4.78, 5) is 0. The van der Waals surface area contributed by atoms with Crippen LogP contribution in [-0.2, 0) is 18.9 Å². The molecule has 0 radical (unpaired) electrons. The molecule has 0 saturated heterocycles. The lowest BCUT2D eigenvalue weighted by Gasteiger charge is -2.41. The lowest BCUT2D eigenvalue weighted by molar-refractivity contribution is -0.148. The molecule has 4 nitrogen and oxygen atoms in total. The number of rotatable bonds is 17. The molecule has 0 bridgehead atoms. The Labute approximate surface area is 174 Å². The summed E-state index contributed by atoms with van der Waals surface area (Å²) in [5.74, 6) is 0.305. The van der Waals surface area contributed by atoms with Crippen LogP contribution in [-0.4, -0.2) is 51.3 Å². The molecule has 0 spiro atoms. The monoisotopic (exact) mass is 398 g/mol. The topological polar surface area (TPSA) is 36.9 Å². The van der Waals surface area contributed by atoms with Gasteiger partial charge in [0.15, 0.2) is 0 Å². The Kier molecular flexibility index (Phi) is 15.0. The number of hydrogen-bond donors (Lipinski definition) is 0. The molecule has 1 aliphatic rings. The van der Waals surface area contributed by atoms with Gasteiger partial charge in [0.2, 0.25) is 0 Å². The molecule has 0 fully saturated rings. The summed E-state index contributed by atoms with van der Waals surface area (Å²) < 4.78 is 25.0. The maximum absolute atomic E-state index is 6.39. The Hall–Kier alpha value is -0.420. The predicted molar refractivity (Wildman–Crippen MR) is 117 cm³/mol. The van der Waals surface area contributed by atoms with E-state index >= 15 is 0 Å². The van der Waals surface area contributed by atoms with E-state index in [1.54, 1.807) is 0 Å². The zero-order valence-electron chi connectivity index (χ0n) is 19.2. The first-order chi connectivity index (χ1) is 13.7. The van der Waals surface area contributed by atoms with Gasteiger partial charge in [0.1, 0.15) is 12.2 Å². The van der Waals surface area contributed by atoms with Crippen LogP contribution in [0.4, 0.5) is 0 Å². The third-order valence-corrected chi connectivity index (χ3v) is 5.31. The van der Waals surface area contributed by atoms with Crippen LogP contribution in [0.1, 0.15) is 86.0 Å². The molecular formula is C24H46O4. The van der Waals surface area contributed by atoms with Gasteiger partial charge in [-0.2, -0.15) is 0 Å². The highest BCUT2D eigenvalue weighted by Gasteiger charge is 2.40. The van der Waals surface area contributed by atoms with E-state index in [1.807, 2.05) is 0 Å². The maximum atomic E-state index is 6.39. The van der Waals surface area contributed by atoms with Gasteiger partial charge in [-0.05, 0) is 31.3 Å². The van der Waals surface area contributed by atoms with Gasteiger partial charge >= 0.3 is 0 Å². The summed E-state index contributed by atoms with van der Waals surface area (Å²) in [5, 5.41) is 0. The average Bonchev–Trinajstić information content (AvgIpc) is 2.69. The van der Waals surface area contributed by atoms with Crippen LogP contribution >= 0.6 is 0 Å². The second-order valence-electron chi connectivity index (χ2n) is 8.03. The fourth-order valence-corrected chi connectivity index (χ4v) is 3.49. The van der Waals surface area contributed by atoms with E-state index in [2.05, 4.69) is 40.7 Å². The zero-order valence-corrected chi connectivity index (χ0v) is 19.2. The van der Waals surface area contributed by atoms with E-state index in [4.69, 9.17) is 18.9 Å². The standard InChI is InChI=1S/C24H46O4/c1-6-10-14-25-19-21-18-20(5)22(26-15-11-7-2)24(28-17-13-9-4)23(21)27-16-12-8-3/h18,20,22-24H,6-17,19H2,1-5H3/t20-,22+,23-,24-/m1/s1. The van der Waals surface area contributed by atoms with Crippen molar-refractivity contribution >= 4 is 0 Å². The smallest absolute Gasteiger partial charge is 0.114 e. The van der Waals surface area contributed by atoms with Crippen molar-refractivity contribution in [3.8, 4) is 0 Å². The second kappa shape index (κ2) is 16.4. The highest BCUT2D eigenvalue weighted by molar-refractivity contribution is 5.20.